The zero-order valence-electron chi connectivity index (χ0n) is 10.9. The van der Waals surface area contributed by atoms with E-state index in [4.69, 9.17) is 5.11 Å². The standard InChI is InChI=1S/C13H14N4O3/c1-9-3-2-4-10(5-9)14-12(18)8-17-7-11(15-16-17)6-13(19)20/h2-5,7H,6,8H2,1H3,(H,14,18)(H,19,20). The van der Waals surface area contributed by atoms with Crippen LogP contribution in [0.15, 0.2) is 30.5 Å². The minimum Gasteiger partial charge on any atom is -0.481 e. The second-order valence-electron chi connectivity index (χ2n) is 4.40. The summed E-state index contributed by atoms with van der Waals surface area (Å²) in [5, 5.41) is 18.8. The van der Waals surface area contributed by atoms with E-state index in [1.165, 1.54) is 10.9 Å². The van der Waals surface area contributed by atoms with E-state index >= 15 is 0 Å². The molecule has 0 spiro atoms. The van der Waals surface area contributed by atoms with Crippen LogP contribution in [0, 0.1) is 6.92 Å². The van der Waals surface area contributed by atoms with Crippen molar-refractivity contribution in [1.29, 1.82) is 0 Å². The molecule has 104 valence electrons. The number of aryl methyl sites for hydroxylation is 1. The number of carboxylic acids is 1. The van der Waals surface area contributed by atoms with Gasteiger partial charge in [-0.1, -0.05) is 17.3 Å². The number of carbonyl (C=O) groups is 2. The highest BCUT2D eigenvalue weighted by Gasteiger charge is 2.08. The summed E-state index contributed by atoms with van der Waals surface area (Å²) < 4.78 is 1.31. The van der Waals surface area contributed by atoms with E-state index in [9.17, 15) is 9.59 Å². The van der Waals surface area contributed by atoms with E-state index in [-0.39, 0.29) is 18.9 Å². The van der Waals surface area contributed by atoms with E-state index in [1.807, 2.05) is 25.1 Å². The maximum atomic E-state index is 11.8. The van der Waals surface area contributed by atoms with Gasteiger partial charge >= 0.3 is 5.97 Å². The summed E-state index contributed by atoms with van der Waals surface area (Å²) in [6.45, 7) is 1.92. The molecule has 2 rings (SSSR count). The highest BCUT2D eigenvalue weighted by atomic mass is 16.4. The number of carboxylic acid groups (broad SMARTS) is 1. The van der Waals surface area contributed by atoms with Gasteiger partial charge in [0.15, 0.2) is 0 Å². The molecule has 1 heterocycles. The Morgan fingerprint density at radius 2 is 2.20 bits per heavy atom. The molecule has 0 saturated heterocycles. The average molecular weight is 274 g/mol. The number of rotatable bonds is 5. The van der Waals surface area contributed by atoms with Crippen molar-refractivity contribution in [1.82, 2.24) is 15.0 Å². The fourth-order valence-electron chi connectivity index (χ4n) is 1.72. The number of hydrogen-bond donors (Lipinski definition) is 2. The molecule has 7 nitrogen and oxygen atoms in total. The molecule has 1 amide bonds. The third-order valence-electron chi connectivity index (χ3n) is 2.53. The number of aromatic nitrogens is 3. The SMILES string of the molecule is Cc1cccc(NC(=O)Cn2cc(CC(=O)O)nn2)c1. The topological polar surface area (TPSA) is 97.1 Å². The monoisotopic (exact) mass is 274 g/mol. The van der Waals surface area contributed by atoms with Crippen LogP contribution in [0.1, 0.15) is 11.3 Å². The third-order valence-corrected chi connectivity index (χ3v) is 2.53. The van der Waals surface area contributed by atoms with Gasteiger partial charge < -0.3 is 10.4 Å². The highest BCUT2D eigenvalue weighted by molar-refractivity contribution is 5.90. The van der Waals surface area contributed by atoms with Gasteiger partial charge in [0.25, 0.3) is 0 Å². The Balaban J connectivity index is 1.94. The van der Waals surface area contributed by atoms with Crippen molar-refractivity contribution in [3.05, 3.63) is 41.7 Å². The molecule has 0 atom stereocenters. The van der Waals surface area contributed by atoms with Gasteiger partial charge in [-0.3, -0.25) is 9.59 Å². The van der Waals surface area contributed by atoms with E-state index < -0.39 is 5.97 Å². The quantitative estimate of drug-likeness (QED) is 0.842. The lowest BCUT2D eigenvalue weighted by Gasteiger charge is -2.05. The van der Waals surface area contributed by atoms with Crippen molar-refractivity contribution in [3.8, 4) is 0 Å². The number of carbonyl (C=O) groups excluding carboxylic acids is 1. The molecule has 0 saturated carbocycles. The van der Waals surface area contributed by atoms with Gasteiger partial charge in [-0.05, 0) is 24.6 Å². The lowest BCUT2D eigenvalue weighted by atomic mass is 10.2. The van der Waals surface area contributed by atoms with Crippen molar-refractivity contribution in [3.63, 3.8) is 0 Å². The Morgan fingerprint density at radius 3 is 2.90 bits per heavy atom. The van der Waals surface area contributed by atoms with E-state index in [1.54, 1.807) is 6.07 Å². The van der Waals surface area contributed by atoms with Gasteiger partial charge in [-0.15, -0.1) is 5.10 Å². The summed E-state index contributed by atoms with van der Waals surface area (Å²) in [4.78, 5) is 22.3. The Bertz CT molecular complexity index is 636. The molecule has 2 N–H and O–H groups in total. The lowest BCUT2D eigenvalue weighted by Crippen LogP contribution is -2.19. The van der Waals surface area contributed by atoms with E-state index in [0.717, 1.165) is 5.56 Å². The van der Waals surface area contributed by atoms with Gasteiger partial charge in [0, 0.05) is 11.9 Å². The fraction of sp³-hybridized carbons (Fsp3) is 0.231. The first kappa shape index (κ1) is 13.7. The molecule has 0 aliphatic carbocycles. The Kier molecular flexibility index (Phi) is 4.09. The summed E-state index contributed by atoms with van der Waals surface area (Å²) in [7, 11) is 0. The number of amides is 1. The van der Waals surface area contributed by atoms with Gasteiger partial charge in [-0.25, -0.2) is 4.68 Å². The second-order valence-corrected chi connectivity index (χ2v) is 4.40. The van der Waals surface area contributed by atoms with Crippen LogP contribution in [-0.2, 0) is 22.6 Å². The summed E-state index contributed by atoms with van der Waals surface area (Å²) in [5.74, 6) is -1.23. The molecule has 0 unspecified atom stereocenters. The van der Waals surface area contributed by atoms with Crippen LogP contribution in [0.5, 0.6) is 0 Å². The highest BCUT2D eigenvalue weighted by Crippen LogP contribution is 2.09. The van der Waals surface area contributed by atoms with Gasteiger partial charge in [0.05, 0.1) is 12.1 Å². The first-order valence-corrected chi connectivity index (χ1v) is 6.00. The second kappa shape index (κ2) is 5.96. The summed E-state index contributed by atoms with van der Waals surface area (Å²) >= 11 is 0. The van der Waals surface area contributed by atoms with Crippen molar-refractivity contribution < 1.29 is 14.7 Å². The third kappa shape index (κ3) is 3.91. The number of benzene rings is 1. The Morgan fingerprint density at radius 1 is 1.40 bits per heavy atom. The van der Waals surface area contributed by atoms with Crippen molar-refractivity contribution >= 4 is 17.6 Å². The van der Waals surface area contributed by atoms with Crippen LogP contribution in [-0.4, -0.2) is 32.0 Å². The zero-order chi connectivity index (χ0) is 14.5. The van der Waals surface area contributed by atoms with Crippen LogP contribution >= 0.6 is 0 Å². The first-order valence-electron chi connectivity index (χ1n) is 6.00. The van der Waals surface area contributed by atoms with Crippen LogP contribution in [0.4, 0.5) is 5.69 Å². The minimum absolute atomic E-state index is 0.0133. The molecule has 0 fully saturated rings. The van der Waals surface area contributed by atoms with Gasteiger partial charge in [0.1, 0.15) is 6.54 Å². The molecule has 0 aliphatic heterocycles. The smallest absolute Gasteiger partial charge is 0.309 e. The number of hydrogen-bond acceptors (Lipinski definition) is 4. The Hall–Kier alpha value is -2.70. The fourth-order valence-corrected chi connectivity index (χ4v) is 1.72. The van der Waals surface area contributed by atoms with Crippen LogP contribution in [0.3, 0.4) is 0 Å². The van der Waals surface area contributed by atoms with Gasteiger partial charge in [0.2, 0.25) is 5.91 Å². The summed E-state index contributed by atoms with van der Waals surface area (Å²) in [5.41, 5.74) is 2.08. The summed E-state index contributed by atoms with van der Waals surface area (Å²) in [6, 6.07) is 7.44. The van der Waals surface area contributed by atoms with E-state index in [2.05, 4.69) is 15.6 Å². The molecule has 1 aromatic carbocycles. The van der Waals surface area contributed by atoms with Crippen molar-refractivity contribution in [2.24, 2.45) is 0 Å². The molecule has 0 radical (unpaired) electrons. The number of nitrogens with one attached hydrogen (secondary N) is 1. The largest absolute Gasteiger partial charge is 0.481 e. The maximum absolute atomic E-state index is 11.8. The average Bonchev–Trinajstić information content (AvgIpc) is 2.75. The molecular formula is C13H14N4O3. The Labute approximate surface area is 115 Å². The molecule has 0 bridgehead atoms. The molecule has 1 aromatic heterocycles. The predicted molar refractivity (Wildman–Crippen MR) is 71.2 cm³/mol. The van der Waals surface area contributed by atoms with Crippen LogP contribution in [0.25, 0.3) is 0 Å². The van der Waals surface area contributed by atoms with Crippen LogP contribution < -0.4 is 5.32 Å². The van der Waals surface area contributed by atoms with E-state index in [0.29, 0.717) is 11.4 Å². The molecule has 2 aromatic rings. The zero-order valence-corrected chi connectivity index (χ0v) is 10.9. The summed E-state index contributed by atoms with van der Waals surface area (Å²) in [6.07, 6.45) is 1.24. The van der Waals surface area contributed by atoms with Crippen LogP contribution in [0.2, 0.25) is 0 Å². The first-order chi connectivity index (χ1) is 9.52. The molecular weight excluding hydrogens is 260 g/mol. The normalized spacial score (nSPS) is 10.2. The number of anilines is 1. The molecule has 0 aliphatic rings. The van der Waals surface area contributed by atoms with Crippen molar-refractivity contribution in [2.45, 2.75) is 19.9 Å². The minimum atomic E-state index is -0.985. The molecule has 7 heteroatoms. The number of nitrogens with zero attached hydrogens (tertiary/aromatic N) is 3. The number of aliphatic carboxylic acids is 1. The predicted octanol–water partition coefficient (Wildman–Crippen LogP) is 0.852. The lowest BCUT2D eigenvalue weighted by molar-refractivity contribution is -0.136. The molecule has 20 heavy (non-hydrogen) atoms. The maximum Gasteiger partial charge on any atom is 0.309 e. The van der Waals surface area contributed by atoms with Gasteiger partial charge in [-0.2, -0.15) is 0 Å². The van der Waals surface area contributed by atoms with Crippen molar-refractivity contribution in [2.75, 3.05) is 5.32 Å².